The van der Waals surface area contributed by atoms with Crippen molar-refractivity contribution >= 4 is 34.4 Å². The van der Waals surface area contributed by atoms with Gasteiger partial charge in [-0.15, -0.1) is 0 Å². The predicted molar refractivity (Wildman–Crippen MR) is 145 cm³/mol. The molecule has 5 nitrogen and oxygen atoms in total. The fraction of sp³-hybridized carbons (Fsp3) is 0.267. The third kappa shape index (κ3) is 4.72. The summed E-state index contributed by atoms with van der Waals surface area (Å²) >= 11 is 0. The Morgan fingerprint density at radius 2 is 1.43 bits per heavy atom. The molecule has 0 atom stereocenters. The van der Waals surface area contributed by atoms with Crippen molar-refractivity contribution in [2.45, 2.75) is 40.0 Å². The zero-order valence-corrected chi connectivity index (χ0v) is 21.6. The van der Waals surface area contributed by atoms with Crippen LogP contribution in [0.2, 0.25) is 0 Å². The van der Waals surface area contributed by atoms with E-state index in [0.29, 0.717) is 17.0 Å². The quantitative estimate of drug-likeness (QED) is 0.463. The van der Waals surface area contributed by atoms with Gasteiger partial charge in [0.25, 0.3) is 11.8 Å². The third-order valence-electron chi connectivity index (χ3n) is 6.38. The van der Waals surface area contributed by atoms with Crippen LogP contribution in [0.5, 0.6) is 0 Å². The standard InChI is InChI=1S/C30H33N3O2/c1-19-8-17-25(20(2)18-19)26-27(31-22-11-9-21(10-12-22)30(3,4)5)29(35)33(28(26)34)24-15-13-23(14-16-24)32(6)7/h8-18,31H,1-7H3. The summed E-state index contributed by atoms with van der Waals surface area (Å²) in [7, 11) is 3.90. The number of rotatable bonds is 5. The highest BCUT2D eigenvalue weighted by Crippen LogP contribution is 2.36. The average Bonchev–Trinajstić information content (AvgIpc) is 3.03. The molecule has 0 spiro atoms. The number of amides is 2. The maximum absolute atomic E-state index is 13.8. The lowest BCUT2D eigenvalue weighted by atomic mass is 9.87. The monoisotopic (exact) mass is 467 g/mol. The van der Waals surface area contributed by atoms with Gasteiger partial charge < -0.3 is 10.2 Å². The molecule has 0 bridgehead atoms. The number of carbonyl (C=O) groups excluding carboxylic acids is 2. The Bertz CT molecular complexity index is 1310. The van der Waals surface area contributed by atoms with Crippen LogP contribution in [0, 0.1) is 13.8 Å². The van der Waals surface area contributed by atoms with E-state index in [0.717, 1.165) is 28.1 Å². The lowest BCUT2D eigenvalue weighted by Gasteiger charge is -2.19. The van der Waals surface area contributed by atoms with E-state index in [4.69, 9.17) is 0 Å². The Labute approximate surface area is 208 Å². The molecule has 0 fully saturated rings. The summed E-state index contributed by atoms with van der Waals surface area (Å²) in [5, 5.41) is 3.28. The molecule has 0 aromatic heterocycles. The van der Waals surface area contributed by atoms with Crippen molar-refractivity contribution in [2.24, 2.45) is 0 Å². The number of hydrogen-bond donors (Lipinski definition) is 1. The topological polar surface area (TPSA) is 52.7 Å². The van der Waals surface area contributed by atoms with Gasteiger partial charge in [-0.2, -0.15) is 0 Å². The molecule has 3 aromatic rings. The minimum atomic E-state index is -0.359. The van der Waals surface area contributed by atoms with Crippen LogP contribution in [-0.4, -0.2) is 25.9 Å². The van der Waals surface area contributed by atoms with Gasteiger partial charge >= 0.3 is 0 Å². The SMILES string of the molecule is Cc1ccc(C2=C(Nc3ccc(C(C)(C)C)cc3)C(=O)N(c3ccc(N(C)C)cc3)C2=O)c(C)c1. The van der Waals surface area contributed by atoms with Crippen LogP contribution in [0.15, 0.2) is 72.4 Å². The van der Waals surface area contributed by atoms with Gasteiger partial charge in [-0.25, -0.2) is 4.90 Å². The van der Waals surface area contributed by atoms with Crippen LogP contribution in [0.25, 0.3) is 5.57 Å². The van der Waals surface area contributed by atoms with Crippen LogP contribution in [0.4, 0.5) is 17.1 Å². The smallest absolute Gasteiger partial charge is 0.282 e. The Balaban J connectivity index is 1.78. The average molecular weight is 468 g/mol. The largest absolute Gasteiger partial charge is 0.378 e. The molecular weight excluding hydrogens is 434 g/mol. The molecule has 3 aromatic carbocycles. The molecule has 0 radical (unpaired) electrons. The van der Waals surface area contributed by atoms with Gasteiger partial charge in [-0.1, -0.05) is 56.7 Å². The normalized spacial score (nSPS) is 14.1. The van der Waals surface area contributed by atoms with E-state index in [9.17, 15) is 9.59 Å². The Morgan fingerprint density at radius 1 is 0.800 bits per heavy atom. The number of nitrogens with one attached hydrogen (secondary N) is 1. The number of hydrogen-bond acceptors (Lipinski definition) is 4. The number of anilines is 3. The van der Waals surface area contributed by atoms with Crippen molar-refractivity contribution < 1.29 is 9.59 Å². The van der Waals surface area contributed by atoms with Gasteiger partial charge in [-0.05, 0) is 72.4 Å². The van der Waals surface area contributed by atoms with Crippen LogP contribution >= 0.6 is 0 Å². The fourth-order valence-corrected chi connectivity index (χ4v) is 4.32. The summed E-state index contributed by atoms with van der Waals surface area (Å²) in [6.45, 7) is 10.5. The summed E-state index contributed by atoms with van der Waals surface area (Å²) in [4.78, 5) is 30.7. The third-order valence-corrected chi connectivity index (χ3v) is 6.38. The molecule has 5 heteroatoms. The summed E-state index contributed by atoms with van der Waals surface area (Å²) in [5.41, 5.74) is 7.03. The van der Waals surface area contributed by atoms with E-state index in [1.54, 1.807) is 0 Å². The van der Waals surface area contributed by atoms with E-state index >= 15 is 0 Å². The molecular formula is C30H33N3O2. The van der Waals surface area contributed by atoms with E-state index in [-0.39, 0.29) is 17.2 Å². The molecule has 180 valence electrons. The van der Waals surface area contributed by atoms with Crippen molar-refractivity contribution in [1.29, 1.82) is 0 Å². The highest BCUT2D eigenvalue weighted by Gasteiger charge is 2.40. The van der Waals surface area contributed by atoms with Crippen LogP contribution in [0.3, 0.4) is 0 Å². The Morgan fingerprint density at radius 3 is 1.97 bits per heavy atom. The van der Waals surface area contributed by atoms with Crippen molar-refractivity contribution in [2.75, 3.05) is 29.2 Å². The second-order valence-electron chi connectivity index (χ2n) is 10.4. The molecule has 0 saturated heterocycles. The lowest BCUT2D eigenvalue weighted by molar-refractivity contribution is -0.120. The van der Waals surface area contributed by atoms with Gasteiger partial charge in [0.05, 0.1) is 11.3 Å². The van der Waals surface area contributed by atoms with Crippen molar-refractivity contribution in [1.82, 2.24) is 0 Å². The van der Waals surface area contributed by atoms with Crippen molar-refractivity contribution in [3.63, 3.8) is 0 Å². The van der Waals surface area contributed by atoms with E-state index in [1.807, 2.05) is 87.4 Å². The summed E-state index contributed by atoms with van der Waals surface area (Å²) in [6.07, 6.45) is 0. The molecule has 1 heterocycles. The maximum Gasteiger partial charge on any atom is 0.282 e. The number of nitrogens with zero attached hydrogens (tertiary/aromatic N) is 2. The Kier molecular flexibility index (Phi) is 6.28. The van der Waals surface area contributed by atoms with Gasteiger partial charge in [0.2, 0.25) is 0 Å². The molecule has 0 saturated carbocycles. The minimum absolute atomic E-state index is 0.0244. The second-order valence-corrected chi connectivity index (χ2v) is 10.4. The second kappa shape index (κ2) is 9.06. The molecule has 0 unspecified atom stereocenters. The first-order chi connectivity index (χ1) is 16.5. The summed E-state index contributed by atoms with van der Waals surface area (Å²) in [5.74, 6) is -0.684. The molecule has 35 heavy (non-hydrogen) atoms. The van der Waals surface area contributed by atoms with Gasteiger partial charge in [-0.3, -0.25) is 9.59 Å². The summed E-state index contributed by atoms with van der Waals surface area (Å²) < 4.78 is 0. The first-order valence-corrected chi connectivity index (χ1v) is 11.8. The van der Waals surface area contributed by atoms with E-state index < -0.39 is 0 Å². The molecule has 1 aliphatic heterocycles. The molecule has 4 rings (SSSR count). The number of imide groups is 1. The predicted octanol–water partition coefficient (Wildman–Crippen LogP) is 6.06. The van der Waals surface area contributed by atoms with Crippen molar-refractivity contribution in [3.8, 4) is 0 Å². The maximum atomic E-state index is 13.8. The zero-order chi connectivity index (χ0) is 25.5. The van der Waals surface area contributed by atoms with E-state index in [1.165, 1.54) is 10.5 Å². The van der Waals surface area contributed by atoms with Gasteiger partial charge in [0, 0.05) is 25.5 Å². The van der Waals surface area contributed by atoms with Gasteiger partial charge in [0.1, 0.15) is 5.70 Å². The first kappa shape index (κ1) is 24.3. The highest BCUT2D eigenvalue weighted by molar-refractivity contribution is 6.46. The number of benzene rings is 3. The Hall–Kier alpha value is -3.86. The van der Waals surface area contributed by atoms with Gasteiger partial charge in [0.15, 0.2) is 0 Å². The molecule has 1 N–H and O–H groups in total. The zero-order valence-electron chi connectivity index (χ0n) is 21.6. The van der Waals surface area contributed by atoms with Crippen LogP contribution in [0.1, 0.15) is 43.0 Å². The number of carbonyl (C=O) groups is 2. The molecule has 0 aliphatic carbocycles. The van der Waals surface area contributed by atoms with Crippen LogP contribution in [-0.2, 0) is 15.0 Å². The molecule has 1 aliphatic rings. The molecule has 2 amide bonds. The first-order valence-electron chi connectivity index (χ1n) is 11.8. The lowest BCUT2D eigenvalue weighted by Crippen LogP contribution is -2.32. The van der Waals surface area contributed by atoms with Crippen molar-refractivity contribution in [3.05, 3.63) is 94.7 Å². The van der Waals surface area contributed by atoms with E-state index in [2.05, 4.69) is 38.2 Å². The number of aryl methyl sites for hydroxylation is 2. The van der Waals surface area contributed by atoms with Crippen LogP contribution < -0.4 is 15.1 Å². The minimum Gasteiger partial charge on any atom is -0.378 e. The fourth-order valence-electron chi connectivity index (χ4n) is 4.32. The highest BCUT2D eigenvalue weighted by atomic mass is 16.2. The summed E-state index contributed by atoms with van der Waals surface area (Å²) in [6, 6.07) is 21.4.